The highest BCUT2D eigenvalue weighted by atomic mass is 16.5. The highest BCUT2D eigenvalue weighted by molar-refractivity contribution is 5.76. The predicted octanol–water partition coefficient (Wildman–Crippen LogP) is 3.32. The van der Waals surface area contributed by atoms with Crippen molar-refractivity contribution in [2.24, 2.45) is 0 Å². The first-order chi connectivity index (χ1) is 12.8. The summed E-state index contributed by atoms with van der Waals surface area (Å²) in [6.45, 7) is 0.587. The fourth-order valence-electron chi connectivity index (χ4n) is 3.14. The minimum absolute atomic E-state index is 0.0635. The Balaban J connectivity index is 1.36. The molecule has 2 N–H and O–H groups in total. The van der Waals surface area contributed by atoms with E-state index in [2.05, 4.69) is 51.9 Å². The highest BCUT2D eigenvalue weighted by Gasteiger charge is 2.19. The lowest BCUT2D eigenvalue weighted by Crippen LogP contribution is -2.40. The van der Waals surface area contributed by atoms with Gasteiger partial charge in [0.05, 0.1) is 12.2 Å². The second-order valence-corrected chi connectivity index (χ2v) is 6.57. The molecule has 1 atom stereocenters. The SMILES string of the molecule is O=C1CCC(Oc2ccc(Cc3ccc(-c4ccn[nH]4)cc3)cc2)CN1. The Bertz CT molecular complexity index is 845. The van der Waals surface area contributed by atoms with Crippen molar-refractivity contribution in [1.82, 2.24) is 15.5 Å². The number of ether oxygens (including phenoxy) is 1. The Morgan fingerprint density at radius 2 is 1.73 bits per heavy atom. The van der Waals surface area contributed by atoms with Gasteiger partial charge in [-0.15, -0.1) is 0 Å². The quantitative estimate of drug-likeness (QED) is 0.744. The van der Waals surface area contributed by atoms with Crippen LogP contribution in [0.4, 0.5) is 0 Å². The topological polar surface area (TPSA) is 67.0 Å². The summed E-state index contributed by atoms with van der Waals surface area (Å²) in [4.78, 5) is 11.2. The monoisotopic (exact) mass is 347 g/mol. The molecule has 0 spiro atoms. The number of H-pyrrole nitrogens is 1. The molecule has 5 nitrogen and oxygen atoms in total. The number of nitrogens with one attached hydrogen (secondary N) is 2. The van der Waals surface area contributed by atoms with Crippen LogP contribution in [0.3, 0.4) is 0 Å². The second kappa shape index (κ2) is 7.44. The zero-order chi connectivity index (χ0) is 17.8. The van der Waals surface area contributed by atoms with E-state index < -0.39 is 0 Å². The van der Waals surface area contributed by atoms with Gasteiger partial charge in [-0.3, -0.25) is 9.89 Å². The number of hydrogen-bond donors (Lipinski definition) is 2. The van der Waals surface area contributed by atoms with Gasteiger partial charge < -0.3 is 10.1 Å². The molecule has 1 aliphatic heterocycles. The van der Waals surface area contributed by atoms with Gasteiger partial charge in [0.25, 0.3) is 0 Å². The molecule has 132 valence electrons. The summed E-state index contributed by atoms with van der Waals surface area (Å²) in [6, 6.07) is 18.7. The van der Waals surface area contributed by atoms with Crippen molar-refractivity contribution in [2.75, 3.05) is 6.54 Å². The summed E-state index contributed by atoms with van der Waals surface area (Å²) in [5, 5.41) is 9.80. The predicted molar refractivity (Wildman–Crippen MR) is 99.9 cm³/mol. The summed E-state index contributed by atoms with van der Waals surface area (Å²) < 4.78 is 5.94. The third-order valence-electron chi connectivity index (χ3n) is 4.62. The molecule has 1 aliphatic rings. The van der Waals surface area contributed by atoms with Gasteiger partial charge in [0.2, 0.25) is 5.91 Å². The third-order valence-corrected chi connectivity index (χ3v) is 4.62. The number of nitrogens with zero attached hydrogens (tertiary/aromatic N) is 1. The van der Waals surface area contributed by atoms with Crippen molar-refractivity contribution in [3.8, 4) is 17.0 Å². The Kier molecular flexibility index (Phi) is 4.69. The molecule has 1 amide bonds. The smallest absolute Gasteiger partial charge is 0.220 e. The van der Waals surface area contributed by atoms with Crippen molar-refractivity contribution >= 4 is 5.91 Å². The molecule has 5 heteroatoms. The van der Waals surface area contributed by atoms with Crippen molar-refractivity contribution in [3.05, 3.63) is 71.9 Å². The van der Waals surface area contributed by atoms with Gasteiger partial charge in [0.15, 0.2) is 0 Å². The van der Waals surface area contributed by atoms with Crippen LogP contribution in [-0.4, -0.2) is 28.8 Å². The van der Waals surface area contributed by atoms with Crippen LogP contribution in [0, 0.1) is 0 Å². The number of rotatable bonds is 5. The molecule has 26 heavy (non-hydrogen) atoms. The van der Waals surface area contributed by atoms with E-state index in [9.17, 15) is 4.79 Å². The number of hydrogen-bond acceptors (Lipinski definition) is 3. The lowest BCUT2D eigenvalue weighted by molar-refractivity contribution is -0.123. The van der Waals surface area contributed by atoms with Crippen molar-refractivity contribution in [3.63, 3.8) is 0 Å². The first-order valence-corrected chi connectivity index (χ1v) is 8.87. The molecule has 2 aromatic carbocycles. The van der Waals surface area contributed by atoms with Crippen LogP contribution in [0.15, 0.2) is 60.8 Å². The molecule has 0 radical (unpaired) electrons. The van der Waals surface area contributed by atoms with Crippen molar-refractivity contribution in [2.45, 2.75) is 25.4 Å². The van der Waals surface area contributed by atoms with Gasteiger partial charge in [-0.25, -0.2) is 0 Å². The Morgan fingerprint density at radius 1 is 1.00 bits per heavy atom. The van der Waals surface area contributed by atoms with Crippen LogP contribution in [-0.2, 0) is 11.2 Å². The molecule has 1 fully saturated rings. The average Bonchev–Trinajstić information content (AvgIpc) is 3.21. The first kappa shape index (κ1) is 16.4. The minimum atomic E-state index is 0.0635. The molecular weight excluding hydrogens is 326 g/mol. The van der Waals surface area contributed by atoms with Crippen LogP contribution in [0.1, 0.15) is 24.0 Å². The summed E-state index contributed by atoms with van der Waals surface area (Å²) in [6.07, 6.45) is 4.01. The van der Waals surface area contributed by atoms with Gasteiger partial charge in [-0.2, -0.15) is 5.10 Å². The highest BCUT2D eigenvalue weighted by Crippen LogP contribution is 2.21. The van der Waals surface area contributed by atoms with E-state index >= 15 is 0 Å². The molecule has 1 saturated heterocycles. The summed E-state index contributed by atoms with van der Waals surface area (Å²) in [5.41, 5.74) is 4.66. The molecule has 0 saturated carbocycles. The van der Waals surface area contributed by atoms with E-state index in [0.29, 0.717) is 13.0 Å². The van der Waals surface area contributed by atoms with E-state index in [-0.39, 0.29) is 12.0 Å². The number of carbonyl (C=O) groups excluding carboxylic acids is 1. The largest absolute Gasteiger partial charge is 0.489 e. The fourth-order valence-corrected chi connectivity index (χ4v) is 3.14. The second-order valence-electron chi connectivity index (χ2n) is 6.57. The first-order valence-electron chi connectivity index (χ1n) is 8.87. The average molecular weight is 347 g/mol. The summed E-state index contributed by atoms with van der Waals surface area (Å²) in [7, 11) is 0. The standard InChI is InChI=1S/C21H21N3O2/c25-21-10-9-19(14-22-21)26-18-7-3-16(4-8-18)13-15-1-5-17(6-2-15)20-11-12-23-24-20/h1-8,11-12,19H,9-10,13-14H2,(H,22,25)(H,23,24). The lowest BCUT2D eigenvalue weighted by atomic mass is 10.0. The third kappa shape index (κ3) is 3.94. The fraction of sp³-hybridized carbons (Fsp3) is 0.238. The van der Waals surface area contributed by atoms with E-state index in [4.69, 9.17) is 4.74 Å². The van der Waals surface area contributed by atoms with Crippen molar-refractivity contribution in [1.29, 1.82) is 0 Å². The molecule has 2 heterocycles. The number of aromatic amines is 1. The maximum Gasteiger partial charge on any atom is 0.220 e. The molecule has 4 rings (SSSR count). The van der Waals surface area contributed by atoms with Gasteiger partial charge >= 0.3 is 0 Å². The number of carbonyl (C=O) groups is 1. The molecule has 3 aromatic rings. The molecule has 0 aliphatic carbocycles. The Morgan fingerprint density at radius 3 is 2.35 bits per heavy atom. The normalized spacial score (nSPS) is 16.9. The maximum absolute atomic E-state index is 11.2. The van der Waals surface area contributed by atoms with Crippen molar-refractivity contribution < 1.29 is 9.53 Å². The van der Waals surface area contributed by atoms with E-state index in [1.54, 1.807) is 6.20 Å². The Labute approximate surface area is 152 Å². The zero-order valence-corrected chi connectivity index (χ0v) is 14.4. The summed E-state index contributed by atoms with van der Waals surface area (Å²) in [5.74, 6) is 0.961. The summed E-state index contributed by atoms with van der Waals surface area (Å²) >= 11 is 0. The number of piperidine rings is 1. The molecular formula is C21H21N3O2. The molecule has 1 unspecified atom stereocenters. The van der Waals surface area contributed by atoms with Gasteiger partial charge in [-0.1, -0.05) is 36.4 Å². The minimum Gasteiger partial charge on any atom is -0.489 e. The lowest BCUT2D eigenvalue weighted by Gasteiger charge is -2.23. The van der Waals surface area contributed by atoms with Gasteiger partial charge in [-0.05, 0) is 47.7 Å². The van der Waals surface area contributed by atoms with Crippen LogP contribution >= 0.6 is 0 Å². The van der Waals surface area contributed by atoms with E-state index in [1.165, 1.54) is 11.1 Å². The number of aromatic nitrogens is 2. The molecule has 0 bridgehead atoms. The van der Waals surface area contributed by atoms with E-state index in [0.717, 1.165) is 29.8 Å². The van der Waals surface area contributed by atoms with Gasteiger partial charge in [0.1, 0.15) is 11.9 Å². The zero-order valence-electron chi connectivity index (χ0n) is 14.4. The number of amides is 1. The number of benzene rings is 2. The van der Waals surface area contributed by atoms with Crippen LogP contribution in [0.25, 0.3) is 11.3 Å². The van der Waals surface area contributed by atoms with Crippen LogP contribution < -0.4 is 10.1 Å². The van der Waals surface area contributed by atoms with Crippen LogP contribution in [0.2, 0.25) is 0 Å². The maximum atomic E-state index is 11.2. The van der Waals surface area contributed by atoms with Gasteiger partial charge in [0, 0.05) is 12.6 Å². The van der Waals surface area contributed by atoms with Crippen LogP contribution in [0.5, 0.6) is 5.75 Å². The molecule has 1 aromatic heterocycles. The Hall–Kier alpha value is -3.08. The van der Waals surface area contributed by atoms with E-state index in [1.807, 2.05) is 18.2 Å².